The molecule has 0 spiro atoms. The van der Waals surface area contributed by atoms with Gasteiger partial charge in [0.1, 0.15) is 5.60 Å². The van der Waals surface area contributed by atoms with E-state index in [9.17, 15) is 4.79 Å². The molecular weight excluding hydrogens is 210 g/mol. The molecule has 0 saturated carbocycles. The number of alkyl carbamates (subject to hydrolysis) is 1. The molecule has 0 heterocycles. The summed E-state index contributed by atoms with van der Waals surface area (Å²) in [5.41, 5.74) is 4.77. The van der Waals surface area contributed by atoms with E-state index in [0.717, 1.165) is 0 Å². The third-order valence-electron chi connectivity index (χ3n) is 1.65. The first-order valence-corrected chi connectivity index (χ1v) is 5.40. The van der Waals surface area contributed by atoms with Crippen LogP contribution in [-0.4, -0.2) is 49.1 Å². The van der Waals surface area contributed by atoms with Gasteiger partial charge in [-0.3, -0.25) is 0 Å². The SMILES string of the molecule is CC(C)(C)OC(=O)N[C@@H](CO)CNCCN. The Bertz CT molecular complexity index is 204. The molecule has 1 amide bonds. The zero-order valence-electron chi connectivity index (χ0n) is 10.2. The van der Waals surface area contributed by atoms with Gasteiger partial charge in [0.25, 0.3) is 0 Å². The highest BCUT2D eigenvalue weighted by molar-refractivity contribution is 5.68. The van der Waals surface area contributed by atoms with Gasteiger partial charge in [-0.2, -0.15) is 0 Å². The Balaban J connectivity index is 3.88. The molecule has 0 aliphatic rings. The topological polar surface area (TPSA) is 96.6 Å². The molecule has 0 fully saturated rings. The van der Waals surface area contributed by atoms with Crippen molar-refractivity contribution in [3.05, 3.63) is 0 Å². The van der Waals surface area contributed by atoms with Crippen LogP contribution in [0.3, 0.4) is 0 Å². The summed E-state index contributed by atoms with van der Waals surface area (Å²) < 4.78 is 5.06. The lowest BCUT2D eigenvalue weighted by molar-refractivity contribution is 0.0482. The summed E-state index contributed by atoms with van der Waals surface area (Å²) in [4.78, 5) is 11.4. The Morgan fingerprint density at radius 2 is 2.12 bits per heavy atom. The Hall–Kier alpha value is -0.850. The predicted molar refractivity (Wildman–Crippen MR) is 62.2 cm³/mol. The number of rotatable bonds is 6. The molecule has 16 heavy (non-hydrogen) atoms. The van der Waals surface area contributed by atoms with Gasteiger partial charge in [0.15, 0.2) is 0 Å². The largest absolute Gasteiger partial charge is 0.444 e. The van der Waals surface area contributed by atoms with Gasteiger partial charge in [-0.1, -0.05) is 0 Å². The summed E-state index contributed by atoms with van der Waals surface area (Å²) in [5, 5.41) is 14.6. The van der Waals surface area contributed by atoms with E-state index in [1.807, 2.05) is 0 Å². The van der Waals surface area contributed by atoms with Crippen molar-refractivity contribution in [1.29, 1.82) is 0 Å². The predicted octanol–water partition coefficient (Wildman–Crippen LogP) is -0.580. The third kappa shape index (κ3) is 8.46. The molecule has 5 N–H and O–H groups in total. The van der Waals surface area contributed by atoms with Crippen LogP contribution in [0.1, 0.15) is 20.8 Å². The Morgan fingerprint density at radius 3 is 2.56 bits per heavy atom. The fourth-order valence-corrected chi connectivity index (χ4v) is 1.01. The normalized spacial score (nSPS) is 13.3. The summed E-state index contributed by atoms with van der Waals surface area (Å²) in [6, 6.07) is -0.360. The molecule has 0 radical (unpaired) electrons. The van der Waals surface area contributed by atoms with Crippen LogP contribution in [0, 0.1) is 0 Å². The summed E-state index contributed by atoms with van der Waals surface area (Å²) in [6.07, 6.45) is -0.527. The van der Waals surface area contributed by atoms with Crippen LogP contribution in [-0.2, 0) is 4.74 Å². The van der Waals surface area contributed by atoms with Crippen LogP contribution in [0.2, 0.25) is 0 Å². The molecule has 0 aromatic carbocycles. The highest BCUT2D eigenvalue weighted by Crippen LogP contribution is 2.06. The summed E-state index contributed by atoms with van der Waals surface area (Å²) in [6.45, 7) is 6.84. The Morgan fingerprint density at radius 1 is 1.50 bits per heavy atom. The molecule has 6 nitrogen and oxygen atoms in total. The number of amides is 1. The average Bonchev–Trinajstić information content (AvgIpc) is 2.13. The zero-order chi connectivity index (χ0) is 12.6. The number of hydrogen-bond donors (Lipinski definition) is 4. The fourth-order valence-electron chi connectivity index (χ4n) is 1.01. The van der Waals surface area contributed by atoms with Gasteiger partial charge in [0, 0.05) is 19.6 Å². The molecule has 0 aromatic rings. The molecule has 0 aliphatic heterocycles. The van der Waals surface area contributed by atoms with Crippen molar-refractivity contribution in [2.45, 2.75) is 32.4 Å². The number of aliphatic hydroxyl groups excluding tert-OH is 1. The molecule has 0 rings (SSSR count). The van der Waals surface area contributed by atoms with Gasteiger partial charge in [0.2, 0.25) is 0 Å². The van der Waals surface area contributed by atoms with Crippen LogP contribution in [0.15, 0.2) is 0 Å². The average molecular weight is 233 g/mol. The third-order valence-corrected chi connectivity index (χ3v) is 1.65. The van der Waals surface area contributed by atoms with Crippen molar-refractivity contribution in [2.75, 3.05) is 26.2 Å². The van der Waals surface area contributed by atoms with E-state index in [-0.39, 0.29) is 12.6 Å². The van der Waals surface area contributed by atoms with Crippen LogP contribution in [0.25, 0.3) is 0 Å². The lowest BCUT2D eigenvalue weighted by Crippen LogP contribution is -2.46. The maximum absolute atomic E-state index is 11.4. The number of nitrogens with one attached hydrogen (secondary N) is 2. The minimum atomic E-state index is -0.533. The lowest BCUT2D eigenvalue weighted by Gasteiger charge is -2.22. The molecule has 0 unspecified atom stereocenters. The molecule has 96 valence electrons. The highest BCUT2D eigenvalue weighted by Gasteiger charge is 2.18. The molecular formula is C10H23N3O3. The Labute approximate surface area is 96.5 Å². The smallest absolute Gasteiger partial charge is 0.407 e. The van der Waals surface area contributed by atoms with Crippen LogP contribution in [0.4, 0.5) is 4.79 Å². The second kappa shape index (κ2) is 7.43. The molecule has 0 aromatic heterocycles. The van der Waals surface area contributed by atoms with Crippen molar-refractivity contribution in [3.63, 3.8) is 0 Å². The molecule has 0 aliphatic carbocycles. The van der Waals surface area contributed by atoms with E-state index in [4.69, 9.17) is 15.6 Å². The highest BCUT2D eigenvalue weighted by atomic mass is 16.6. The van der Waals surface area contributed by atoms with Crippen molar-refractivity contribution in [3.8, 4) is 0 Å². The second-order valence-electron chi connectivity index (χ2n) is 4.52. The van der Waals surface area contributed by atoms with Gasteiger partial charge < -0.3 is 26.2 Å². The second-order valence-corrected chi connectivity index (χ2v) is 4.52. The van der Waals surface area contributed by atoms with Gasteiger partial charge in [0.05, 0.1) is 12.6 Å². The van der Waals surface area contributed by atoms with Gasteiger partial charge >= 0.3 is 6.09 Å². The Kier molecular flexibility index (Phi) is 7.03. The number of hydrogen-bond acceptors (Lipinski definition) is 5. The first-order valence-electron chi connectivity index (χ1n) is 5.40. The van der Waals surface area contributed by atoms with Gasteiger partial charge in [-0.15, -0.1) is 0 Å². The van der Waals surface area contributed by atoms with Crippen molar-refractivity contribution >= 4 is 6.09 Å². The van der Waals surface area contributed by atoms with Crippen LogP contribution in [0.5, 0.6) is 0 Å². The minimum Gasteiger partial charge on any atom is -0.444 e. The summed E-state index contributed by atoms with van der Waals surface area (Å²) in [5.74, 6) is 0. The van der Waals surface area contributed by atoms with Crippen molar-refractivity contribution in [1.82, 2.24) is 10.6 Å². The van der Waals surface area contributed by atoms with Gasteiger partial charge in [-0.25, -0.2) is 4.79 Å². The quantitative estimate of drug-likeness (QED) is 0.460. The number of ether oxygens (including phenoxy) is 1. The monoisotopic (exact) mass is 233 g/mol. The van der Waals surface area contributed by atoms with E-state index >= 15 is 0 Å². The van der Waals surface area contributed by atoms with E-state index in [1.54, 1.807) is 20.8 Å². The number of carbonyl (C=O) groups is 1. The van der Waals surface area contributed by atoms with Crippen LogP contribution < -0.4 is 16.4 Å². The maximum atomic E-state index is 11.4. The van der Waals surface area contributed by atoms with E-state index in [0.29, 0.717) is 19.6 Å². The summed E-state index contributed by atoms with van der Waals surface area (Å²) >= 11 is 0. The van der Waals surface area contributed by atoms with E-state index in [2.05, 4.69) is 10.6 Å². The van der Waals surface area contributed by atoms with Crippen molar-refractivity contribution in [2.24, 2.45) is 5.73 Å². The summed E-state index contributed by atoms with van der Waals surface area (Å²) in [7, 11) is 0. The minimum absolute atomic E-state index is 0.142. The van der Waals surface area contributed by atoms with Crippen molar-refractivity contribution < 1.29 is 14.6 Å². The van der Waals surface area contributed by atoms with E-state index in [1.165, 1.54) is 0 Å². The molecule has 0 bridgehead atoms. The molecule has 1 atom stereocenters. The zero-order valence-corrected chi connectivity index (χ0v) is 10.2. The number of carbonyl (C=O) groups excluding carboxylic acids is 1. The standard InChI is InChI=1S/C10H23N3O3/c1-10(2,3)16-9(15)13-8(7-14)6-12-5-4-11/h8,12,14H,4-7,11H2,1-3H3,(H,13,15)/t8-/m1/s1. The number of nitrogens with two attached hydrogens (primary N) is 1. The molecule has 0 saturated heterocycles. The fraction of sp³-hybridized carbons (Fsp3) is 0.900. The van der Waals surface area contributed by atoms with E-state index < -0.39 is 11.7 Å². The first-order chi connectivity index (χ1) is 7.39. The maximum Gasteiger partial charge on any atom is 0.407 e. The number of aliphatic hydroxyl groups is 1. The van der Waals surface area contributed by atoms with Crippen LogP contribution >= 0.6 is 0 Å². The molecule has 6 heteroatoms. The lowest BCUT2D eigenvalue weighted by atomic mass is 10.2. The first kappa shape index (κ1) is 15.2. The van der Waals surface area contributed by atoms with Gasteiger partial charge in [-0.05, 0) is 20.8 Å².